The highest BCUT2D eigenvalue weighted by molar-refractivity contribution is 7.89. The lowest BCUT2D eigenvalue weighted by atomic mass is 10.5. The molecule has 1 fully saturated rings. The van der Waals surface area contributed by atoms with Crippen LogP contribution in [0.15, 0.2) is 16.3 Å². The van der Waals surface area contributed by atoms with Crippen LogP contribution in [0, 0.1) is 0 Å². The Morgan fingerprint density at radius 1 is 1.53 bits per heavy atom. The molecule has 1 aliphatic carbocycles. The van der Waals surface area contributed by atoms with Gasteiger partial charge in [-0.05, 0) is 25.3 Å². The van der Waals surface area contributed by atoms with Crippen molar-refractivity contribution in [2.75, 3.05) is 6.54 Å². The number of thiophene rings is 1. The van der Waals surface area contributed by atoms with Crippen molar-refractivity contribution in [1.82, 2.24) is 4.31 Å². The SMILES string of the molecule is CCCN(C1CC1)S(=O)(=O)c1csc(CCl)c1. The van der Waals surface area contributed by atoms with E-state index in [2.05, 4.69) is 0 Å². The Balaban J connectivity index is 2.26. The Kier molecular flexibility index (Phi) is 4.13. The smallest absolute Gasteiger partial charge is 0.207 e. The molecule has 1 heterocycles. The van der Waals surface area contributed by atoms with Crippen molar-refractivity contribution in [3.8, 4) is 0 Å². The highest BCUT2D eigenvalue weighted by Crippen LogP contribution is 2.33. The maximum absolute atomic E-state index is 12.4. The number of nitrogens with zero attached hydrogens (tertiary/aromatic N) is 1. The van der Waals surface area contributed by atoms with E-state index in [-0.39, 0.29) is 6.04 Å². The second-order valence-electron chi connectivity index (χ2n) is 4.23. The van der Waals surface area contributed by atoms with Crippen molar-refractivity contribution in [3.05, 3.63) is 16.3 Å². The maximum Gasteiger partial charge on any atom is 0.244 e. The molecule has 2 rings (SSSR count). The third-order valence-electron chi connectivity index (χ3n) is 2.77. The summed E-state index contributed by atoms with van der Waals surface area (Å²) in [4.78, 5) is 1.30. The van der Waals surface area contributed by atoms with Gasteiger partial charge in [-0.25, -0.2) is 8.42 Å². The number of hydrogen-bond donors (Lipinski definition) is 0. The second kappa shape index (κ2) is 5.26. The zero-order valence-corrected chi connectivity index (χ0v) is 12.1. The van der Waals surface area contributed by atoms with E-state index in [4.69, 9.17) is 11.6 Å². The summed E-state index contributed by atoms with van der Waals surface area (Å²) in [5, 5.41) is 1.69. The lowest BCUT2D eigenvalue weighted by Crippen LogP contribution is -2.33. The Morgan fingerprint density at radius 3 is 2.71 bits per heavy atom. The molecule has 17 heavy (non-hydrogen) atoms. The number of rotatable bonds is 6. The fourth-order valence-corrected chi connectivity index (χ4v) is 4.94. The zero-order valence-electron chi connectivity index (χ0n) is 9.73. The molecule has 0 aliphatic heterocycles. The Morgan fingerprint density at radius 2 is 2.24 bits per heavy atom. The molecule has 0 N–H and O–H groups in total. The van der Waals surface area contributed by atoms with Gasteiger partial charge in [-0.1, -0.05) is 6.92 Å². The van der Waals surface area contributed by atoms with E-state index in [1.807, 2.05) is 6.92 Å². The molecule has 1 saturated carbocycles. The van der Waals surface area contributed by atoms with Crippen LogP contribution in [0.1, 0.15) is 31.1 Å². The van der Waals surface area contributed by atoms with Crippen molar-refractivity contribution in [2.45, 2.75) is 43.0 Å². The molecule has 1 aromatic heterocycles. The fraction of sp³-hybridized carbons (Fsp3) is 0.636. The minimum absolute atomic E-state index is 0.222. The predicted octanol–water partition coefficient (Wildman–Crippen LogP) is 3.05. The molecule has 1 aliphatic rings. The van der Waals surface area contributed by atoms with Gasteiger partial charge in [-0.15, -0.1) is 22.9 Å². The van der Waals surface area contributed by atoms with Crippen LogP contribution >= 0.6 is 22.9 Å². The highest BCUT2D eigenvalue weighted by Gasteiger charge is 2.37. The van der Waals surface area contributed by atoms with Crippen LogP contribution in [0.2, 0.25) is 0 Å². The highest BCUT2D eigenvalue weighted by atomic mass is 35.5. The lowest BCUT2D eigenvalue weighted by Gasteiger charge is -2.20. The number of hydrogen-bond acceptors (Lipinski definition) is 3. The van der Waals surface area contributed by atoms with Crippen molar-refractivity contribution in [1.29, 1.82) is 0 Å². The van der Waals surface area contributed by atoms with Crippen LogP contribution in [0.3, 0.4) is 0 Å². The van der Waals surface area contributed by atoms with Crippen LogP contribution in [0.5, 0.6) is 0 Å². The molecule has 0 bridgehead atoms. The first-order chi connectivity index (χ1) is 8.09. The quantitative estimate of drug-likeness (QED) is 0.756. The Labute approximate surface area is 111 Å². The van der Waals surface area contributed by atoms with Crippen LogP contribution in [-0.4, -0.2) is 25.3 Å². The summed E-state index contributed by atoms with van der Waals surface area (Å²) in [6.45, 7) is 2.61. The predicted molar refractivity (Wildman–Crippen MR) is 71.1 cm³/mol. The summed E-state index contributed by atoms with van der Waals surface area (Å²) >= 11 is 7.11. The standard InChI is InChI=1S/C11H16ClNO2S2/c1-2-5-13(9-3-4-9)17(14,15)11-6-10(7-12)16-8-11/h6,8-9H,2-5,7H2,1H3. The monoisotopic (exact) mass is 293 g/mol. The van der Waals surface area contributed by atoms with Crippen LogP contribution in [-0.2, 0) is 15.9 Å². The van der Waals surface area contributed by atoms with Crippen LogP contribution in [0.4, 0.5) is 0 Å². The van der Waals surface area contributed by atoms with Gasteiger partial charge in [0.15, 0.2) is 0 Å². The number of alkyl halides is 1. The molecular formula is C11H16ClNO2S2. The van der Waals surface area contributed by atoms with Gasteiger partial charge in [-0.2, -0.15) is 4.31 Å². The maximum atomic E-state index is 12.4. The van der Waals surface area contributed by atoms with Crippen molar-refractivity contribution in [2.24, 2.45) is 0 Å². The van der Waals surface area contributed by atoms with Gasteiger partial charge in [0.2, 0.25) is 10.0 Å². The van der Waals surface area contributed by atoms with E-state index in [0.717, 1.165) is 24.1 Å². The summed E-state index contributed by atoms with van der Waals surface area (Å²) < 4.78 is 26.5. The van der Waals surface area contributed by atoms with E-state index >= 15 is 0 Å². The summed E-state index contributed by atoms with van der Waals surface area (Å²) in [6.07, 6.45) is 2.83. The first kappa shape index (κ1) is 13.3. The molecule has 0 radical (unpaired) electrons. The zero-order chi connectivity index (χ0) is 12.5. The average molecular weight is 294 g/mol. The lowest BCUT2D eigenvalue weighted by molar-refractivity contribution is 0.403. The van der Waals surface area contributed by atoms with E-state index in [0.29, 0.717) is 17.3 Å². The first-order valence-electron chi connectivity index (χ1n) is 5.74. The van der Waals surface area contributed by atoms with E-state index in [1.54, 1.807) is 15.8 Å². The van der Waals surface area contributed by atoms with E-state index < -0.39 is 10.0 Å². The fourth-order valence-electron chi connectivity index (χ4n) is 1.78. The number of halogens is 1. The van der Waals surface area contributed by atoms with Gasteiger partial charge in [0.25, 0.3) is 0 Å². The molecule has 96 valence electrons. The van der Waals surface area contributed by atoms with E-state index in [9.17, 15) is 8.42 Å². The molecule has 3 nitrogen and oxygen atoms in total. The van der Waals surface area contributed by atoms with Crippen molar-refractivity contribution in [3.63, 3.8) is 0 Å². The summed E-state index contributed by atoms with van der Waals surface area (Å²) in [5.41, 5.74) is 0. The third kappa shape index (κ3) is 2.84. The second-order valence-corrected chi connectivity index (χ2v) is 7.38. The van der Waals surface area contributed by atoms with Crippen molar-refractivity contribution < 1.29 is 8.42 Å². The van der Waals surface area contributed by atoms with Gasteiger partial charge in [0.05, 0.1) is 10.8 Å². The van der Waals surface area contributed by atoms with Gasteiger partial charge in [0.1, 0.15) is 0 Å². The molecule has 0 amide bonds. The van der Waals surface area contributed by atoms with Gasteiger partial charge >= 0.3 is 0 Å². The molecule has 0 aromatic carbocycles. The summed E-state index contributed by atoms with van der Waals surface area (Å²) in [6, 6.07) is 1.91. The first-order valence-corrected chi connectivity index (χ1v) is 8.60. The average Bonchev–Trinajstić information content (AvgIpc) is 3.01. The van der Waals surface area contributed by atoms with Crippen molar-refractivity contribution >= 4 is 33.0 Å². The minimum atomic E-state index is -3.30. The van der Waals surface area contributed by atoms with E-state index in [1.165, 1.54) is 11.3 Å². The largest absolute Gasteiger partial charge is 0.244 e. The molecule has 0 unspecified atom stereocenters. The Hall–Kier alpha value is -0.100. The minimum Gasteiger partial charge on any atom is -0.207 e. The molecule has 0 saturated heterocycles. The van der Waals surface area contributed by atoms with Gasteiger partial charge in [-0.3, -0.25) is 0 Å². The van der Waals surface area contributed by atoms with Gasteiger partial charge in [0, 0.05) is 22.8 Å². The summed E-state index contributed by atoms with van der Waals surface area (Å²) in [7, 11) is -3.30. The Bertz CT molecular complexity index is 479. The van der Waals surface area contributed by atoms with Crippen LogP contribution < -0.4 is 0 Å². The van der Waals surface area contributed by atoms with Gasteiger partial charge < -0.3 is 0 Å². The topological polar surface area (TPSA) is 37.4 Å². The van der Waals surface area contributed by atoms with Crippen LogP contribution in [0.25, 0.3) is 0 Å². The third-order valence-corrected chi connectivity index (χ3v) is 6.23. The normalized spacial score (nSPS) is 16.6. The molecule has 0 spiro atoms. The molecule has 1 aromatic rings. The summed E-state index contributed by atoms with van der Waals surface area (Å²) in [5.74, 6) is 0.372. The molecular weight excluding hydrogens is 278 g/mol. The molecule has 0 atom stereocenters. The number of sulfonamides is 1. The molecule has 6 heteroatoms.